The normalized spacial score (nSPS) is 21.3. The van der Waals surface area contributed by atoms with Crippen LogP contribution in [0.15, 0.2) is 11.6 Å². The third-order valence-corrected chi connectivity index (χ3v) is 2.56. The van der Waals surface area contributed by atoms with Crippen LogP contribution in [-0.2, 0) is 0 Å². The van der Waals surface area contributed by atoms with E-state index in [0.717, 1.165) is 44.6 Å². The van der Waals surface area contributed by atoms with Crippen molar-refractivity contribution in [3.05, 3.63) is 11.6 Å². The third kappa shape index (κ3) is 4.18. The lowest BCUT2D eigenvalue weighted by molar-refractivity contribution is -0.0197. The molecule has 0 amide bonds. The number of aliphatic hydroxyl groups excluding tert-OH is 1. The van der Waals surface area contributed by atoms with Crippen molar-refractivity contribution in [2.24, 2.45) is 0 Å². The van der Waals surface area contributed by atoms with Gasteiger partial charge in [-0.05, 0) is 38.2 Å². The topological polar surface area (TPSA) is 20.2 Å². The second-order valence-electron chi connectivity index (χ2n) is 4.17. The van der Waals surface area contributed by atoms with Crippen LogP contribution in [0.4, 0.5) is 8.78 Å². The van der Waals surface area contributed by atoms with Gasteiger partial charge in [0.15, 0.2) is 0 Å². The van der Waals surface area contributed by atoms with E-state index < -0.39 is 18.4 Å². The van der Waals surface area contributed by atoms with E-state index in [2.05, 4.69) is 0 Å². The molecule has 0 aromatic rings. The summed E-state index contributed by atoms with van der Waals surface area (Å²) in [7, 11) is 0. The molecular weight excluding hydrogens is 186 g/mol. The van der Waals surface area contributed by atoms with Crippen LogP contribution in [0, 0.1) is 0 Å². The molecule has 1 rings (SSSR count). The predicted molar refractivity (Wildman–Crippen MR) is 52.4 cm³/mol. The average molecular weight is 204 g/mol. The summed E-state index contributed by atoms with van der Waals surface area (Å²) in [5, 5.41) is 9.59. The van der Waals surface area contributed by atoms with Crippen molar-refractivity contribution in [1.82, 2.24) is 0 Å². The Hall–Kier alpha value is -0.440. The van der Waals surface area contributed by atoms with Crippen LogP contribution in [-0.4, -0.2) is 17.1 Å². The lowest BCUT2D eigenvalue weighted by Gasteiger charge is -2.18. The zero-order valence-corrected chi connectivity index (χ0v) is 8.60. The second-order valence-corrected chi connectivity index (χ2v) is 4.17. The molecule has 1 aliphatic rings. The minimum Gasteiger partial charge on any atom is -0.389 e. The van der Waals surface area contributed by atoms with Crippen LogP contribution >= 0.6 is 0 Å². The minimum absolute atomic E-state index is 0.446. The first-order valence-corrected chi connectivity index (χ1v) is 5.24. The van der Waals surface area contributed by atoms with Gasteiger partial charge in [0.05, 0.1) is 6.10 Å². The van der Waals surface area contributed by atoms with Crippen molar-refractivity contribution in [3.8, 4) is 0 Å². The van der Waals surface area contributed by atoms with E-state index in [4.69, 9.17) is 0 Å². The lowest BCUT2D eigenvalue weighted by atomic mass is 9.99. The average Bonchev–Trinajstić information content (AvgIpc) is 2.27. The van der Waals surface area contributed by atoms with Crippen LogP contribution in [0.1, 0.15) is 45.4 Å². The molecule has 14 heavy (non-hydrogen) atoms. The minimum atomic E-state index is -2.77. The van der Waals surface area contributed by atoms with Crippen LogP contribution in [0.2, 0.25) is 0 Å². The molecule has 0 saturated carbocycles. The van der Waals surface area contributed by atoms with Gasteiger partial charge in [-0.3, -0.25) is 0 Å². The van der Waals surface area contributed by atoms with Gasteiger partial charge in [-0.2, -0.15) is 0 Å². The standard InChI is InChI=1S/C11H18F2O/c1-11(12,13)8-10(14)9-6-4-2-3-5-7-9/h6,10,14H,2-5,7-8H2,1H3. The quantitative estimate of drug-likeness (QED) is 0.699. The monoisotopic (exact) mass is 204 g/mol. The van der Waals surface area contributed by atoms with E-state index >= 15 is 0 Å². The second kappa shape index (κ2) is 4.87. The lowest BCUT2D eigenvalue weighted by Crippen LogP contribution is -2.22. The summed E-state index contributed by atoms with van der Waals surface area (Å²) in [6, 6.07) is 0. The highest BCUT2D eigenvalue weighted by Gasteiger charge is 2.27. The molecule has 0 aliphatic heterocycles. The van der Waals surface area contributed by atoms with Crippen molar-refractivity contribution < 1.29 is 13.9 Å². The van der Waals surface area contributed by atoms with E-state index in [0.29, 0.717) is 0 Å². The molecule has 1 nitrogen and oxygen atoms in total. The maximum atomic E-state index is 12.6. The molecule has 3 heteroatoms. The number of alkyl halides is 2. The summed E-state index contributed by atoms with van der Waals surface area (Å²) < 4.78 is 25.3. The molecule has 0 radical (unpaired) electrons. The molecule has 1 unspecified atom stereocenters. The van der Waals surface area contributed by atoms with Gasteiger partial charge in [0, 0.05) is 6.42 Å². The van der Waals surface area contributed by atoms with Gasteiger partial charge in [0.1, 0.15) is 0 Å². The summed E-state index contributed by atoms with van der Waals surface area (Å²) in [5.41, 5.74) is 0.809. The first kappa shape index (κ1) is 11.6. The van der Waals surface area contributed by atoms with Crippen molar-refractivity contribution in [2.45, 2.75) is 57.5 Å². The van der Waals surface area contributed by atoms with Crippen molar-refractivity contribution in [3.63, 3.8) is 0 Å². The molecule has 1 N–H and O–H groups in total. The number of rotatable bonds is 3. The van der Waals surface area contributed by atoms with Crippen LogP contribution < -0.4 is 0 Å². The Kier molecular flexibility index (Phi) is 4.05. The Labute approximate surface area is 83.8 Å². The fourth-order valence-electron chi connectivity index (χ4n) is 1.81. The first-order valence-electron chi connectivity index (χ1n) is 5.24. The molecule has 0 bridgehead atoms. The van der Waals surface area contributed by atoms with E-state index in [1.807, 2.05) is 6.08 Å². The molecule has 0 fully saturated rings. The summed E-state index contributed by atoms with van der Waals surface area (Å²) in [6.45, 7) is 0.855. The number of aliphatic hydroxyl groups is 1. The van der Waals surface area contributed by atoms with Gasteiger partial charge in [-0.25, -0.2) is 8.78 Å². The zero-order valence-electron chi connectivity index (χ0n) is 8.60. The summed E-state index contributed by atoms with van der Waals surface area (Å²) in [4.78, 5) is 0. The van der Waals surface area contributed by atoms with Gasteiger partial charge < -0.3 is 5.11 Å². The SMILES string of the molecule is CC(F)(F)CC(O)C1=CCCCCC1. The Morgan fingerprint density at radius 1 is 1.43 bits per heavy atom. The summed E-state index contributed by atoms with van der Waals surface area (Å²) in [6.07, 6.45) is 5.49. The first-order chi connectivity index (χ1) is 6.49. The fraction of sp³-hybridized carbons (Fsp3) is 0.818. The van der Waals surface area contributed by atoms with Crippen molar-refractivity contribution >= 4 is 0 Å². The van der Waals surface area contributed by atoms with Gasteiger partial charge in [-0.1, -0.05) is 12.5 Å². The molecular formula is C11H18F2O. The number of hydrogen-bond donors (Lipinski definition) is 1. The van der Waals surface area contributed by atoms with Gasteiger partial charge in [0.25, 0.3) is 0 Å². The van der Waals surface area contributed by atoms with E-state index in [9.17, 15) is 13.9 Å². The Balaban J connectivity index is 2.50. The molecule has 1 aliphatic carbocycles. The van der Waals surface area contributed by atoms with Crippen LogP contribution in [0.5, 0.6) is 0 Å². The van der Waals surface area contributed by atoms with Gasteiger partial charge in [0.2, 0.25) is 5.92 Å². The van der Waals surface area contributed by atoms with E-state index in [-0.39, 0.29) is 0 Å². The highest BCUT2D eigenvalue weighted by atomic mass is 19.3. The molecule has 0 aromatic heterocycles. The van der Waals surface area contributed by atoms with E-state index in [1.54, 1.807) is 0 Å². The van der Waals surface area contributed by atoms with Crippen LogP contribution in [0.3, 0.4) is 0 Å². The number of hydrogen-bond acceptors (Lipinski definition) is 1. The highest BCUT2D eigenvalue weighted by molar-refractivity contribution is 5.09. The summed E-state index contributed by atoms with van der Waals surface area (Å²) in [5.74, 6) is -2.77. The van der Waals surface area contributed by atoms with Crippen molar-refractivity contribution in [1.29, 1.82) is 0 Å². The Morgan fingerprint density at radius 2 is 2.14 bits per heavy atom. The predicted octanol–water partition coefficient (Wildman–Crippen LogP) is 3.28. The van der Waals surface area contributed by atoms with Crippen LogP contribution in [0.25, 0.3) is 0 Å². The van der Waals surface area contributed by atoms with Gasteiger partial charge >= 0.3 is 0 Å². The maximum Gasteiger partial charge on any atom is 0.248 e. The summed E-state index contributed by atoms with van der Waals surface area (Å²) >= 11 is 0. The number of halogens is 2. The number of allylic oxidation sites excluding steroid dienone is 1. The highest BCUT2D eigenvalue weighted by Crippen LogP contribution is 2.27. The Morgan fingerprint density at radius 3 is 2.79 bits per heavy atom. The molecule has 0 heterocycles. The Bertz CT molecular complexity index is 206. The maximum absolute atomic E-state index is 12.6. The fourth-order valence-corrected chi connectivity index (χ4v) is 1.81. The third-order valence-electron chi connectivity index (χ3n) is 2.56. The van der Waals surface area contributed by atoms with Gasteiger partial charge in [-0.15, -0.1) is 0 Å². The molecule has 82 valence electrons. The van der Waals surface area contributed by atoms with Crippen molar-refractivity contribution in [2.75, 3.05) is 0 Å². The molecule has 0 spiro atoms. The zero-order chi connectivity index (χ0) is 10.6. The smallest absolute Gasteiger partial charge is 0.248 e. The molecule has 1 atom stereocenters. The largest absolute Gasteiger partial charge is 0.389 e. The molecule has 0 aromatic carbocycles. The van der Waals surface area contributed by atoms with E-state index in [1.165, 1.54) is 0 Å². The molecule has 0 saturated heterocycles.